The monoisotopic (exact) mass is 460 g/mol. The van der Waals surface area contributed by atoms with Gasteiger partial charge in [-0.15, -0.1) is 0 Å². The van der Waals surface area contributed by atoms with Crippen molar-refractivity contribution < 1.29 is 27.1 Å². The number of halogens is 4. The molecule has 0 unspecified atom stereocenters. The van der Waals surface area contributed by atoms with Crippen molar-refractivity contribution in [1.82, 2.24) is 0 Å². The van der Waals surface area contributed by atoms with Crippen molar-refractivity contribution in [3.05, 3.63) is 98.9 Å². The summed E-state index contributed by atoms with van der Waals surface area (Å²) in [5.41, 5.74) is 0.742. The number of fused-ring (bicyclic) bond motifs is 1. The summed E-state index contributed by atoms with van der Waals surface area (Å²) >= 11 is 5.97. The molecule has 0 spiro atoms. The van der Waals surface area contributed by atoms with Crippen LogP contribution in [-0.4, -0.2) is 0 Å². The zero-order valence-corrected chi connectivity index (χ0v) is 17.5. The third-order valence-corrected chi connectivity index (χ3v) is 4.97. The third-order valence-electron chi connectivity index (χ3n) is 4.65. The van der Waals surface area contributed by atoms with Gasteiger partial charge in [-0.05, 0) is 36.8 Å². The number of hydrogen-bond acceptors (Lipinski definition) is 4. The molecule has 0 saturated heterocycles. The van der Waals surface area contributed by atoms with E-state index in [-0.39, 0.29) is 34.1 Å². The van der Waals surface area contributed by atoms with Crippen LogP contribution in [0.2, 0.25) is 5.02 Å². The number of para-hydroxylation sites is 1. The van der Waals surface area contributed by atoms with E-state index in [0.717, 1.165) is 11.1 Å². The van der Waals surface area contributed by atoms with E-state index in [1.807, 2.05) is 31.2 Å². The first-order valence-corrected chi connectivity index (χ1v) is 9.89. The van der Waals surface area contributed by atoms with Gasteiger partial charge < -0.3 is 13.9 Å². The first kappa shape index (κ1) is 21.8. The van der Waals surface area contributed by atoms with E-state index in [1.165, 1.54) is 36.4 Å². The lowest BCUT2D eigenvalue weighted by Crippen LogP contribution is -2.15. The zero-order valence-electron chi connectivity index (χ0n) is 16.7. The standard InChI is InChI=1S/C24H16ClF3O4/c1-14-6-8-15(9-7-14)13-30-16-10-11-17-20(12-16)32-23(24(26,27)28)22(21(17)29)31-19-5-3-2-4-18(19)25/h2-12H,13H2,1H3. The predicted octanol–water partition coefficient (Wildman–Crippen LogP) is 7.14. The first-order chi connectivity index (χ1) is 15.2. The van der Waals surface area contributed by atoms with Crippen molar-refractivity contribution in [2.75, 3.05) is 0 Å². The normalized spacial score (nSPS) is 11.5. The molecule has 0 aliphatic rings. The molecule has 32 heavy (non-hydrogen) atoms. The van der Waals surface area contributed by atoms with E-state index in [2.05, 4.69) is 0 Å². The average Bonchev–Trinajstić information content (AvgIpc) is 2.75. The van der Waals surface area contributed by atoms with Gasteiger partial charge in [0, 0.05) is 6.07 Å². The van der Waals surface area contributed by atoms with Crippen LogP contribution in [0.4, 0.5) is 13.2 Å². The minimum atomic E-state index is -4.97. The Morgan fingerprint density at radius 2 is 1.72 bits per heavy atom. The van der Waals surface area contributed by atoms with E-state index in [0.29, 0.717) is 0 Å². The highest BCUT2D eigenvalue weighted by molar-refractivity contribution is 6.32. The molecule has 4 aromatic rings. The summed E-state index contributed by atoms with van der Waals surface area (Å²) in [6.07, 6.45) is -4.97. The molecule has 1 aromatic heterocycles. The molecule has 1 heterocycles. The molecule has 164 valence electrons. The van der Waals surface area contributed by atoms with Crippen LogP contribution in [0.5, 0.6) is 17.2 Å². The highest BCUT2D eigenvalue weighted by atomic mass is 35.5. The van der Waals surface area contributed by atoms with Gasteiger partial charge in [0.15, 0.2) is 0 Å². The molecule has 8 heteroatoms. The van der Waals surface area contributed by atoms with Gasteiger partial charge in [-0.1, -0.05) is 53.6 Å². The van der Waals surface area contributed by atoms with Crippen molar-refractivity contribution in [2.45, 2.75) is 19.7 Å². The minimum absolute atomic E-state index is 0.0555. The Bertz CT molecular complexity index is 1330. The second kappa shape index (κ2) is 8.59. The Balaban J connectivity index is 1.73. The van der Waals surface area contributed by atoms with Crippen LogP contribution in [-0.2, 0) is 12.8 Å². The number of benzene rings is 3. The van der Waals surface area contributed by atoms with Crippen LogP contribution in [0.25, 0.3) is 11.0 Å². The molecule has 0 radical (unpaired) electrons. The fourth-order valence-corrected chi connectivity index (χ4v) is 3.19. The van der Waals surface area contributed by atoms with Crippen molar-refractivity contribution in [3.8, 4) is 17.2 Å². The maximum atomic E-state index is 13.7. The maximum Gasteiger partial charge on any atom is 0.453 e. The highest BCUT2D eigenvalue weighted by Crippen LogP contribution is 2.39. The summed E-state index contributed by atoms with van der Waals surface area (Å²) in [5.74, 6) is -2.37. The Hall–Kier alpha value is -3.45. The maximum absolute atomic E-state index is 13.7. The van der Waals surface area contributed by atoms with Crippen molar-refractivity contribution in [3.63, 3.8) is 0 Å². The van der Waals surface area contributed by atoms with Gasteiger partial charge >= 0.3 is 6.18 Å². The first-order valence-electron chi connectivity index (χ1n) is 9.51. The zero-order chi connectivity index (χ0) is 22.9. The number of rotatable bonds is 5. The highest BCUT2D eigenvalue weighted by Gasteiger charge is 2.40. The SMILES string of the molecule is Cc1ccc(COc2ccc3c(=O)c(Oc4ccccc4Cl)c(C(F)(F)F)oc3c2)cc1. The van der Waals surface area contributed by atoms with Gasteiger partial charge in [-0.2, -0.15) is 13.2 Å². The smallest absolute Gasteiger partial charge is 0.453 e. The Morgan fingerprint density at radius 3 is 2.41 bits per heavy atom. The van der Waals surface area contributed by atoms with Gasteiger partial charge in [0.1, 0.15) is 23.7 Å². The van der Waals surface area contributed by atoms with Crippen LogP contribution >= 0.6 is 11.6 Å². The summed E-state index contributed by atoms with van der Waals surface area (Å²) < 4.78 is 57.1. The van der Waals surface area contributed by atoms with Crippen molar-refractivity contribution in [1.29, 1.82) is 0 Å². The van der Waals surface area contributed by atoms with Crippen LogP contribution in [0.3, 0.4) is 0 Å². The number of ether oxygens (including phenoxy) is 2. The second-order valence-electron chi connectivity index (χ2n) is 7.05. The van der Waals surface area contributed by atoms with Gasteiger partial charge in [0.2, 0.25) is 11.2 Å². The topological polar surface area (TPSA) is 48.7 Å². The molecule has 0 fully saturated rings. The Kier molecular flexibility index (Phi) is 5.84. The van der Waals surface area contributed by atoms with Crippen LogP contribution in [0.15, 0.2) is 75.9 Å². The molecule has 0 atom stereocenters. The van der Waals surface area contributed by atoms with Gasteiger partial charge in [0.05, 0.1) is 10.4 Å². The summed E-state index contributed by atoms with van der Waals surface area (Å²) in [6.45, 7) is 2.16. The molecule has 0 aliphatic carbocycles. The molecule has 0 amide bonds. The summed E-state index contributed by atoms with van der Waals surface area (Å²) in [5, 5.41) is -0.0253. The summed E-state index contributed by atoms with van der Waals surface area (Å²) in [6, 6.07) is 17.6. The molecule has 4 nitrogen and oxygen atoms in total. The summed E-state index contributed by atoms with van der Waals surface area (Å²) in [4.78, 5) is 12.9. The fourth-order valence-electron chi connectivity index (χ4n) is 3.01. The Morgan fingerprint density at radius 1 is 1.00 bits per heavy atom. The molecular formula is C24H16ClF3O4. The van der Waals surface area contributed by atoms with E-state index in [4.69, 9.17) is 25.5 Å². The Labute approximate surface area is 185 Å². The van der Waals surface area contributed by atoms with E-state index >= 15 is 0 Å². The van der Waals surface area contributed by atoms with Crippen LogP contribution < -0.4 is 14.9 Å². The number of alkyl halides is 3. The molecule has 0 aliphatic heterocycles. The summed E-state index contributed by atoms with van der Waals surface area (Å²) in [7, 11) is 0. The average molecular weight is 461 g/mol. The van der Waals surface area contributed by atoms with Gasteiger partial charge in [0.25, 0.3) is 5.76 Å². The lowest BCUT2D eigenvalue weighted by atomic mass is 10.1. The molecule has 3 aromatic carbocycles. The lowest BCUT2D eigenvalue weighted by molar-refractivity contribution is -0.154. The van der Waals surface area contributed by atoms with E-state index in [1.54, 1.807) is 6.07 Å². The van der Waals surface area contributed by atoms with Gasteiger partial charge in [-0.25, -0.2) is 0 Å². The van der Waals surface area contributed by atoms with Crippen molar-refractivity contribution in [2.24, 2.45) is 0 Å². The molecule has 0 bridgehead atoms. The number of hydrogen-bond donors (Lipinski definition) is 0. The molecule has 4 rings (SSSR count). The quantitative estimate of drug-likeness (QED) is 0.317. The fraction of sp³-hybridized carbons (Fsp3) is 0.125. The van der Waals surface area contributed by atoms with Crippen molar-refractivity contribution >= 4 is 22.6 Å². The van der Waals surface area contributed by atoms with E-state index < -0.39 is 23.1 Å². The predicted molar refractivity (Wildman–Crippen MR) is 115 cm³/mol. The molecule has 0 N–H and O–H groups in total. The largest absolute Gasteiger partial charge is 0.489 e. The minimum Gasteiger partial charge on any atom is -0.489 e. The van der Waals surface area contributed by atoms with Crippen LogP contribution in [0.1, 0.15) is 16.9 Å². The molecular weight excluding hydrogens is 445 g/mol. The third kappa shape index (κ3) is 4.57. The number of aryl methyl sites for hydroxylation is 1. The van der Waals surface area contributed by atoms with E-state index in [9.17, 15) is 18.0 Å². The second-order valence-corrected chi connectivity index (χ2v) is 7.46. The lowest BCUT2D eigenvalue weighted by Gasteiger charge is -2.14. The van der Waals surface area contributed by atoms with Gasteiger partial charge in [-0.3, -0.25) is 4.79 Å². The van der Waals surface area contributed by atoms with Crippen LogP contribution in [0, 0.1) is 6.92 Å². The molecule has 0 saturated carbocycles.